The van der Waals surface area contributed by atoms with E-state index >= 15 is 0 Å². The first kappa shape index (κ1) is 12.4. The van der Waals surface area contributed by atoms with E-state index in [1.807, 2.05) is 41.1 Å². The molecule has 1 saturated heterocycles. The fraction of sp³-hybridized carbons (Fsp3) is 0.417. The van der Waals surface area contributed by atoms with Crippen molar-refractivity contribution in [2.75, 3.05) is 38.1 Å². The summed E-state index contributed by atoms with van der Waals surface area (Å²) in [5, 5.41) is 3.06. The van der Waals surface area contributed by atoms with Crippen molar-refractivity contribution in [2.24, 2.45) is 0 Å². The second-order valence-electron chi connectivity index (χ2n) is 3.98. The summed E-state index contributed by atoms with van der Waals surface area (Å²) in [6.45, 7) is 3.14. The van der Waals surface area contributed by atoms with Crippen LogP contribution in [0.3, 0.4) is 0 Å². The number of hydrogen-bond donors (Lipinski definition) is 1. The molecule has 17 heavy (non-hydrogen) atoms. The summed E-state index contributed by atoms with van der Waals surface area (Å²) in [7, 11) is 1.89. The van der Waals surface area contributed by atoms with Crippen LogP contribution in [0.15, 0.2) is 28.7 Å². The van der Waals surface area contributed by atoms with Gasteiger partial charge in [0.1, 0.15) is 0 Å². The van der Waals surface area contributed by atoms with Crippen LogP contribution in [0.5, 0.6) is 0 Å². The molecule has 0 bridgehead atoms. The summed E-state index contributed by atoms with van der Waals surface area (Å²) in [5.74, 6) is 0. The number of likely N-dealkylation sites (N-methyl/N-ethyl adjacent to an activating group) is 1. The number of amides is 2. The van der Waals surface area contributed by atoms with E-state index in [-0.39, 0.29) is 6.03 Å². The van der Waals surface area contributed by atoms with Crippen LogP contribution >= 0.6 is 15.9 Å². The summed E-state index contributed by atoms with van der Waals surface area (Å²) >= 11 is 3.48. The highest BCUT2D eigenvalue weighted by Gasteiger charge is 2.29. The predicted molar refractivity (Wildman–Crippen MR) is 72.4 cm³/mol. The molecule has 0 atom stereocenters. The zero-order valence-corrected chi connectivity index (χ0v) is 11.4. The molecule has 0 unspecified atom stereocenters. The number of urea groups is 1. The van der Waals surface area contributed by atoms with Crippen LogP contribution in [0.4, 0.5) is 10.5 Å². The first-order chi connectivity index (χ1) is 8.24. The van der Waals surface area contributed by atoms with Gasteiger partial charge < -0.3 is 10.2 Å². The molecule has 0 saturated carbocycles. The Morgan fingerprint density at radius 2 is 2.12 bits per heavy atom. The Morgan fingerprint density at radius 1 is 1.35 bits per heavy atom. The molecule has 2 amide bonds. The summed E-state index contributed by atoms with van der Waals surface area (Å²) in [5.41, 5.74) is 0.949. The number of nitrogens with one attached hydrogen (secondary N) is 1. The van der Waals surface area contributed by atoms with Crippen molar-refractivity contribution in [1.82, 2.24) is 10.2 Å². The minimum absolute atomic E-state index is 0.0900. The number of anilines is 1. The van der Waals surface area contributed by atoms with Gasteiger partial charge in [0.05, 0.1) is 5.69 Å². The number of halogens is 1. The van der Waals surface area contributed by atoms with Crippen molar-refractivity contribution in [2.45, 2.75) is 0 Å². The Balaban J connectivity index is 2.10. The Morgan fingerprint density at radius 3 is 2.82 bits per heavy atom. The quantitative estimate of drug-likeness (QED) is 0.921. The Hall–Kier alpha value is -1.07. The van der Waals surface area contributed by atoms with E-state index in [1.165, 1.54) is 0 Å². The van der Waals surface area contributed by atoms with Crippen molar-refractivity contribution in [3.8, 4) is 0 Å². The fourth-order valence-electron chi connectivity index (χ4n) is 1.93. The molecule has 1 aliphatic heterocycles. The van der Waals surface area contributed by atoms with Gasteiger partial charge in [-0.15, -0.1) is 0 Å². The lowest BCUT2D eigenvalue weighted by atomic mass is 10.3. The summed E-state index contributed by atoms with van der Waals surface area (Å²) < 4.78 is 0.962. The van der Waals surface area contributed by atoms with E-state index < -0.39 is 0 Å². The molecule has 92 valence electrons. The van der Waals surface area contributed by atoms with Crippen molar-refractivity contribution in [3.63, 3.8) is 0 Å². The predicted octanol–water partition coefficient (Wildman–Crippen LogP) is 1.91. The van der Waals surface area contributed by atoms with Gasteiger partial charge >= 0.3 is 6.03 Å². The molecule has 0 spiro atoms. The first-order valence-electron chi connectivity index (χ1n) is 5.69. The molecule has 1 fully saturated rings. The van der Waals surface area contributed by atoms with Crippen molar-refractivity contribution < 1.29 is 4.79 Å². The highest BCUT2D eigenvalue weighted by Crippen LogP contribution is 2.28. The standard InChI is InChI=1S/C12H16BrN3O/c1-14-6-7-15-8-9-16(12(15)17)11-5-3-2-4-10(11)13/h2-5,14H,6-9H2,1H3. The van der Waals surface area contributed by atoms with Gasteiger partial charge in [0.15, 0.2) is 0 Å². The topological polar surface area (TPSA) is 35.6 Å². The normalized spacial score (nSPS) is 15.8. The number of carbonyl (C=O) groups excluding carboxylic acids is 1. The second kappa shape index (κ2) is 5.51. The lowest BCUT2D eigenvalue weighted by Crippen LogP contribution is -2.35. The van der Waals surface area contributed by atoms with E-state index in [2.05, 4.69) is 21.2 Å². The van der Waals surface area contributed by atoms with E-state index in [9.17, 15) is 4.79 Å². The third-order valence-electron chi connectivity index (χ3n) is 2.87. The van der Waals surface area contributed by atoms with Gasteiger partial charge in [-0.05, 0) is 35.1 Å². The minimum atomic E-state index is 0.0900. The maximum absolute atomic E-state index is 12.2. The third kappa shape index (κ3) is 2.61. The average molecular weight is 298 g/mol. The molecule has 5 heteroatoms. The van der Waals surface area contributed by atoms with Gasteiger partial charge in [0.2, 0.25) is 0 Å². The number of hydrogen-bond acceptors (Lipinski definition) is 2. The first-order valence-corrected chi connectivity index (χ1v) is 6.49. The van der Waals surface area contributed by atoms with Crippen LogP contribution in [0.2, 0.25) is 0 Å². The molecule has 0 radical (unpaired) electrons. The Kier molecular flexibility index (Phi) is 4.02. The number of para-hydroxylation sites is 1. The number of carbonyl (C=O) groups is 1. The summed E-state index contributed by atoms with van der Waals surface area (Å²) in [6.07, 6.45) is 0. The van der Waals surface area contributed by atoms with Gasteiger partial charge in [-0.25, -0.2) is 4.79 Å². The molecule has 0 aliphatic carbocycles. The number of nitrogens with zero attached hydrogens (tertiary/aromatic N) is 2. The molecule has 1 heterocycles. The van der Waals surface area contributed by atoms with Gasteiger partial charge in [-0.3, -0.25) is 4.90 Å². The van der Waals surface area contributed by atoms with E-state index in [0.717, 1.165) is 36.3 Å². The average Bonchev–Trinajstić information content (AvgIpc) is 2.69. The lowest BCUT2D eigenvalue weighted by Gasteiger charge is -2.19. The molecule has 0 aromatic heterocycles. The molecular formula is C12H16BrN3O. The molecule has 4 nitrogen and oxygen atoms in total. The van der Waals surface area contributed by atoms with Crippen LogP contribution < -0.4 is 10.2 Å². The van der Waals surface area contributed by atoms with Gasteiger partial charge in [-0.1, -0.05) is 12.1 Å². The van der Waals surface area contributed by atoms with Gasteiger partial charge in [-0.2, -0.15) is 0 Å². The molecule has 1 N–H and O–H groups in total. The minimum Gasteiger partial charge on any atom is -0.321 e. The third-order valence-corrected chi connectivity index (χ3v) is 3.54. The van der Waals surface area contributed by atoms with Crippen molar-refractivity contribution in [1.29, 1.82) is 0 Å². The van der Waals surface area contributed by atoms with Crippen molar-refractivity contribution >= 4 is 27.6 Å². The van der Waals surface area contributed by atoms with Gasteiger partial charge in [0, 0.05) is 30.7 Å². The Labute approximate surface area is 110 Å². The highest BCUT2D eigenvalue weighted by molar-refractivity contribution is 9.10. The monoisotopic (exact) mass is 297 g/mol. The maximum atomic E-state index is 12.2. The SMILES string of the molecule is CNCCN1CCN(c2ccccc2Br)C1=O. The highest BCUT2D eigenvalue weighted by atomic mass is 79.9. The number of rotatable bonds is 4. The van der Waals surface area contributed by atoms with E-state index in [4.69, 9.17) is 0 Å². The molecule has 1 aromatic rings. The molecule has 1 aliphatic rings. The van der Waals surface area contributed by atoms with Crippen LogP contribution in [0.1, 0.15) is 0 Å². The zero-order valence-electron chi connectivity index (χ0n) is 9.82. The van der Waals surface area contributed by atoms with E-state index in [0.29, 0.717) is 0 Å². The Bertz CT molecular complexity index is 410. The van der Waals surface area contributed by atoms with Crippen LogP contribution in [-0.4, -0.2) is 44.2 Å². The van der Waals surface area contributed by atoms with Crippen LogP contribution in [-0.2, 0) is 0 Å². The van der Waals surface area contributed by atoms with Crippen LogP contribution in [0, 0.1) is 0 Å². The van der Waals surface area contributed by atoms with E-state index in [1.54, 1.807) is 0 Å². The fourth-order valence-corrected chi connectivity index (χ4v) is 2.43. The van der Waals surface area contributed by atoms with Gasteiger partial charge in [0.25, 0.3) is 0 Å². The van der Waals surface area contributed by atoms with Crippen LogP contribution in [0.25, 0.3) is 0 Å². The molecule has 2 rings (SSSR count). The smallest absolute Gasteiger partial charge is 0.321 e. The summed E-state index contributed by atoms with van der Waals surface area (Å²) in [6, 6.07) is 7.91. The second-order valence-corrected chi connectivity index (χ2v) is 4.83. The largest absolute Gasteiger partial charge is 0.324 e. The molecule has 1 aromatic carbocycles. The van der Waals surface area contributed by atoms with Crippen molar-refractivity contribution in [3.05, 3.63) is 28.7 Å². The number of benzene rings is 1. The maximum Gasteiger partial charge on any atom is 0.324 e. The molecular weight excluding hydrogens is 282 g/mol. The summed E-state index contributed by atoms with van der Waals surface area (Å²) in [4.78, 5) is 15.9. The zero-order chi connectivity index (χ0) is 12.3. The lowest BCUT2D eigenvalue weighted by molar-refractivity contribution is 0.221.